The van der Waals surface area contributed by atoms with Crippen LogP contribution in [0, 0.1) is 0 Å². The topological polar surface area (TPSA) is 68.1 Å². The molecule has 1 atom stereocenters. The van der Waals surface area contributed by atoms with Gasteiger partial charge in [0.1, 0.15) is 6.04 Å². The van der Waals surface area contributed by atoms with Gasteiger partial charge in [-0.2, -0.15) is 0 Å². The summed E-state index contributed by atoms with van der Waals surface area (Å²) in [5.41, 5.74) is 8.07. The molecule has 1 unspecified atom stereocenters. The average molecular weight is 246 g/mol. The highest BCUT2D eigenvalue weighted by Gasteiger charge is 2.15. The number of fused-ring (bicyclic) bond motifs is 1. The van der Waals surface area contributed by atoms with Crippen LogP contribution in [-0.2, 0) is 16.0 Å². The third kappa shape index (κ3) is 2.71. The SMILES string of the molecule is CCOC(=O)C(N)CCc1c[nH]c2ccccc12. The molecule has 0 spiro atoms. The second kappa shape index (κ2) is 5.69. The molecule has 4 heteroatoms. The van der Waals surface area contributed by atoms with Crippen LogP contribution < -0.4 is 5.73 Å². The van der Waals surface area contributed by atoms with Crippen LogP contribution in [0.3, 0.4) is 0 Å². The number of rotatable bonds is 5. The molecule has 18 heavy (non-hydrogen) atoms. The zero-order valence-corrected chi connectivity index (χ0v) is 10.5. The number of aromatic nitrogens is 1. The lowest BCUT2D eigenvalue weighted by Gasteiger charge is -2.09. The number of aromatic amines is 1. The molecular weight excluding hydrogens is 228 g/mol. The molecule has 0 fully saturated rings. The number of benzene rings is 1. The molecular formula is C14H18N2O2. The Morgan fingerprint density at radius 2 is 2.22 bits per heavy atom. The number of para-hydroxylation sites is 1. The summed E-state index contributed by atoms with van der Waals surface area (Å²) in [7, 11) is 0. The van der Waals surface area contributed by atoms with Crippen molar-refractivity contribution in [2.24, 2.45) is 5.73 Å². The molecule has 0 saturated carbocycles. The van der Waals surface area contributed by atoms with E-state index in [0.717, 1.165) is 11.9 Å². The van der Waals surface area contributed by atoms with Crippen LogP contribution in [0.2, 0.25) is 0 Å². The maximum Gasteiger partial charge on any atom is 0.322 e. The fraction of sp³-hybridized carbons (Fsp3) is 0.357. The van der Waals surface area contributed by atoms with Crippen molar-refractivity contribution in [1.82, 2.24) is 4.98 Å². The maximum absolute atomic E-state index is 11.4. The Labute approximate surface area is 106 Å². The van der Waals surface area contributed by atoms with Crippen molar-refractivity contribution in [2.75, 3.05) is 6.61 Å². The van der Waals surface area contributed by atoms with Gasteiger partial charge in [-0.05, 0) is 31.4 Å². The summed E-state index contributed by atoms with van der Waals surface area (Å²) in [6.07, 6.45) is 3.34. The summed E-state index contributed by atoms with van der Waals surface area (Å²) < 4.78 is 4.89. The Morgan fingerprint density at radius 1 is 1.44 bits per heavy atom. The van der Waals surface area contributed by atoms with E-state index in [1.165, 1.54) is 10.9 Å². The van der Waals surface area contributed by atoms with E-state index in [1.54, 1.807) is 6.92 Å². The number of carbonyl (C=O) groups is 1. The van der Waals surface area contributed by atoms with Crippen molar-refractivity contribution in [2.45, 2.75) is 25.8 Å². The van der Waals surface area contributed by atoms with Crippen LogP contribution in [0.5, 0.6) is 0 Å². The van der Waals surface area contributed by atoms with Gasteiger partial charge in [-0.1, -0.05) is 18.2 Å². The predicted octanol–water partition coefficient (Wildman–Crippen LogP) is 1.99. The van der Waals surface area contributed by atoms with E-state index in [0.29, 0.717) is 13.0 Å². The largest absolute Gasteiger partial charge is 0.465 e. The molecule has 0 amide bonds. The van der Waals surface area contributed by atoms with E-state index in [2.05, 4.69) is 11.1 Å². The van der Waals surface area contributed by atoms with Crippen LogP contribution in [0.25, 0.3) is 10.9 Å². The molecule has 96 valence electrons. The highest BCUT2D eigenvalue weighted by atomic mass is 16.5. The summed E-state index contributed by atoms with van der Waals surface area (Å²) >= 11 is 0. The van der Waals surface area contributed by atoms with Crippen LogP contribution in [0.4, 0.5) is 0 Å². The second-order valence-electron chi connectivity index (χ2n) is 4.26. The first-order valence-electron chi connectivity index (χ1n) is 6.19. The first-order chi connectivity index (χ1) is 8.72. The number of nitrogens with two attached hydrogens (primary N) is 1. The van der Waals surface area contributed by atoms with Gasteiger partial charge in [0.15, 0.2) is 0 Å². The fourth-order valence-electron chi connectivity index (χ4n) is 2.02. The van der Waals surface area contributed by atoms with E-state index in [-0.39, 0.29) is 5.97 Å². The van der Waals surface area contributed by atoms with E-state index >= 15 is 0 Å². The molecule has 2 aromatic rings. The number of hydrogen-bond donors (Lipinski definition) is 2. The molecule has 0 aliphatic carbocycles. The van der Waals surface area contributed by atoms with Gasteiger partial charge in [-0.25, -0.2) is 0 Å². The molecule has 0 bridgehead atoms. The highest BCUT2D eigenvalue weighted by molar-refractivity contribution is 5.83. The average Bonchev–Trinajstić information content (AvgIpc) is 2.79. The predicted molar refractivity (Wildman–Crippen MR) is 71.2 cm³/mol. The van der Waals surface area contributed by atoms with Crippen molar-refractivity contribution in [3.63, 3.8) is 0 Å². The van der Waals surface area contributed by atoms with Gasteiger partial charge in [0.25, 0.3) is 0 Å². The summed E-state index contributed by atoms with van der Waals surface area (Å²) in [5, 5.41) is 1.19. The smallest absolute Gasteiger partial charge is 0.322 e. The Balaban J connectivity index is 2.00. The minimum Gasteiger partial charge on any atom is -0.465 e. The molecule has 2 rings (SSSR count). The summed E-state index contributed by atoms with van der Waals surface area (Å²) in [6.45, 7) is 2.16. The molecule has 4 nitrogen and oxygen atoms in total. The summed E-state index contributed by atoms with van der Waals surface area (Å²) in [5.74, 6) is -0.322. The van der Waals surface area contributed by atoms with Crippen molar-refractivity contribution in [3.05, 3.63) is 36.0 Å². The highest BCUT2D eigenvalue weighted by Crippen LogP contribution is 2.19. The van der Waals surface area contributed by atoms with Gasteiger partial charge in [-0.15, -0.1) is 0 Å². The lowest BCUT2D eigenvalue weighted by Crippen LogP contribution is -2.32. The molecule has 3 N–H and O–H groups in total. The summed E-state index contributed by atoms with van der Waals surface area (Å²) in [4.78, 5) is 14.6. The number of H-pyrrole nitrogens is 1. The molecule has 0 radical (unpaired) electrons. The van der Waals surface area contributed by atoms with Crippen LogP contribution in [0.15, 0.2) is 30.5 Å². The minimum atomic E-state index is -0.543. The Bertz CT molecular complexity index is 533. The van der Waals surface area contributed by atoms with E-state index in [9.17, 15) is 4.79 Å². The maximum atomic E-state index is 11.4. The minimum absolute atomic E-state index is 0.322. The normalized spacial score (nSPS) is 12.6. The number of esters is 1. The quantitative estimate of drug-likeness (QED) is 0.793. The molecule has 1 heterocycles. The van der Waals surface area contributed by atoms with Gasteiger partial charge >= 0.3 is 5.97 Å². The molecule has 1 aromatic heterocycles. The van der Waals surface area contributed by atoms with Crippen molar-refractivity contribution >= 4 is 16.9 Å². The Morgan fingerprint density at radius 3 is 3.00 bits per heavy atom. The first kappa shape index (κ1) is 12.6. The van der Waals surface area contributed by atoms with Crippen LogP contribution in [0.1, 0.15) is 18.9 Å². The lowest BCUT2D eigenvalue weighted by atomic mass is 10.1. The third-order valence-electron chi connectivity index (χ3n) is 2.99. The number of carbonyl (C=O) groups excluding carboxylic acids is 1. The number of ether oxygens (including phenoxy) is 1. The van der Waals surface area contributed by atoms with Gasteiger partial charge in [0.2, 0.25) is 0 Å². The standard InChI is InChI=1S/C14H18N2O2/c1-2-18-14(17)12(15)8-7-10-9-16-13-6-4-3-5-11(10)13/h3-6,9,12,16H,2,7-8,15H2,1H3. The van der Waals surface area contributed by atoms with Gasteiger partial charge in [0, 0.05) is 17.1 Å². The first-order valence-corrected chi connectivity index (χ1v) is 6.19. The molecule has 0 aliphatic heterocycles. The molecule has 0 saturated heterocycles. The van der Waals surface area contributed by atoms with Gasteiger partial charge in [0.05, 0.1) is 6.61 Å². The van der Waals surface area contributed by atoms with Gasteiger partial charge in [-0.3, -0.25) is 4.79 Å². The van der Waals surface area contributed by atoms with Gasteiger partial charge < -0.3 is 15.5 Å². The third-order valence-corrected chi connectivity index (χ3v) is 2.99. The second-order valence-corrected chi connectivity index (χ2v) is 4.26. The molecule has 1 aromatic carbocycles. The van der Waals surface area contributed by atoms with Crippen LogP contribution >= 0.6 is 0 Å². The Hall–Kier alpha value is -1.81. The van der Waals surface area contributed by atoms with Crippen LogP contribution in [-0.4, -0.2) is 23.6 Å². The number of aryl methyl sites for hydroxylation is 1. The zero-order valence-electron chi connectivity index (χ0n) is 10.5. The van der Waals surface area contributed by atoms with E-state index in [4.69, 9.17) is 10.5 Å². The van der Waals surface area contributed by atoms with E-state index in [1.807, 2.05) is 24.4 Å². The zero-order chi connectivity index (χ0) is 13.0. The Kier molecular flexibility index (Phi) is 3.99. The molecule has 0 aliphatic rings. The van der Waals surface area contributed by atoms with Crippen molar-refractivity contribution in [3.8, 4) is 0 Å². The van der Waals surface area contributed by atoms with E-state index < -0.39 is 6.04 Å². The van der Waals surface area contributed by atoms with Crippen molar-refractivity contribution in [1.29, 1.82) is 0 Å². The number of nitrogens with one attached hydrogen (secondary N) is 1. The summed E-state index contributed by atoms with van der Waals surface area (Å²) in [6, 6.07) is 7.55. The fourth-order valence-corrected chi connectivity index (χ4v) is 2.02. The monoisotopic (exact) mass is 246 g/mol. The van der Waals surface area contributed by atoms with Crippen molar-refractivity contribution < 1.29 is 9.53 Å². The number of hydrogen-bond acceptors (Lipinski definition) is 3. The lowest BCUT2D eigenvalue weighted by molar-refractivity contribution is -0.144.